The molecular weight excluding hydrogens is 226 g/mol. The van der Waals surface area contributed by atoms with Gasteiger partial charge in [-0.1, -0.05) is 0 Å². The van der Waals surface area contributed by atoms with Crippen LogP contribution in [-0.4, -0.2) is 55.1 Å². The van der Waals surface area contributed by atoms with Gasteiger partial charge in [0.05, 0.1) is 0 Å². The molecule has 1 atom stereocenters. The standard InChI is InChI=1S/C13H23N5/c1-14-7-11-8-15-13(16-9-11)18(3)12-5-4-6-17(2)10-12/h8-9,12,14H,4-7,10H2,1-3H3. The number of piperidine rings is 1. The Morgan fingerprint density at radius 1 is 1.44 bits per heavy atom. The normalized spacial score (nSPS) is 20.9. The fourth-order valence-corrected chi connectivity index (χ4v) is 2.44. The lowest BCUT2D eigenvalue weighted by Gasteiger charge is -2.35. The number of nitrogens with one attached hydrogen (secondary N) is 1. The highest BCUT2D eigenvalue weighted by Crippen LogP contribution is 2.17. The Balaban J connectivity index is 2.01. The highest BCUT2D eigenvalue weighted by molar-refractivity contribution is 5.30. The molecule has 1 N–H and O–H groups in total. The molecule has 5 nitrogen and oxygen atoms in total. The van der Waals surface area contributed by atoms with Gasteiger partial charge in [-0.2, -0.15) is 0 Å². The summed E-state index contributed by atoms with van der Waals surface area (Å²) in [5.41, 5.74) is 1.12. The molecule has 0 amide bonds. The van der Waals surface area contributed by atoms with Crippen molar-refractivity contribution in [1.82, 2.24) is 20.2 Å². The molecule has 18 heavy (non-hydrogen) atoms. The van der Waals surface area contributed by atoms with Gasteiger partial charge in [-0.15, -0.1) is 0 Å². The van der Waals surface area contributed by atoms with Crippen molar-refractivity contribution >= 4 is 5.95 Å². The van der Waals surface area contributed by atoms with Crippen LogP contribution < -0.4 is 10.2 Å². The van der Waals surface area contributed by atoms with Crippen molar-refractivity contribution in [2.24, 2.45) is 0 Å². The number of hydrogen-bond acceptors (Lipinski definition) is 5. The summed E-state index contributed by atoms with van der Waals surface area (Å²) in [7, 11) is 6.20. The van der Waals surface area contributed by atoms with E-state index >= 15 is 0 Å². The lowest BCUT2D eigenvalue weighted by molar-refractivity contribution is 0.247. The van der Waals surface area contributed by atoms with Crippen LogP contribution in [0.3, 0.4) is 0 Å². The second-order valence-corrected chi connectivity index (χ2v) is 5.09. The predicted octanol–water partition coefficient (Wildman–Crippen LogP) is 0.726. The first kappa shape index (κ1) is 13.2. The molecule has 100 valence electrons. The van der Waals surface area contributed by atoms with Gasteiger partial charge in [0.1, 0.15) is 0 Å². The summed E-state index contributed by atoms with van der Waals surface area (Å²) >= 11 is 0. The SMILES string of the molecule is CNCc1cnc(N(C)C2CCCN(C)C2)nc1. The minimum absolute atomic E-state index is 0.527. The van der Waals surface area contributed by atoms with Crippen molar-refractivity contribution in [3.8, 4) is 0 Å². The van der Waals surface area contributed by atoms with Crippen molar-refractivity contribution < 1.29 is 0 Å². The molecule has 2 rings (SSSR count). The summed E-state index contributed by atoms with van der Waals surface area (Å²) < 4.78 is 0. The topological polar surface area (TPSA) is 44.3 Å². The molecule has 0 spiro atoms. The first-order chi connectivity index (χ1) is 8.70. The number of rotatable bonds is 4. The first-order valence-electron chi connectivity index (χ1n) is 6.57. The van der Waals surface area contributed by atoms with E-state index in [1.165, 1.54) is 19.4 Å². The molecule has 1 aliphatic heterocycles. The number of nitrogens with zero attached hydrogens (tertiary/aromatic N) is 4. The lowest BCUT2D eigenvalue weighted by Crippen LogP contribution is -2.45. The number of anilines is 1. The summed E-state index contributed by atoms with van der Waals surface area (Å²) in [4.78, 5) is 13.5. The second kappa shape index (κ2) is 6.11. The molecule has 0 radical (unpaired) electrons. The van der Waals surface area contributed by atoms with Crippen LogP contribution in [-0.2, 0) is 6.54 Å². The van der Waals surface area contributed by atoms with Crippen LogP contribution in [0.5, 0.6) is 0 Å². The summed E-state index contributed by atoms with van der Waals surface area (Å²) in [5.74, 6) is 0.829. The second-order valence-electron chi connectivity index (χ2n) is 5.09. The Morgan fingerprint density at radius 3 is 2.78 bits per heavy atom. The minimum atomic E-state index is 0.527. The highest BCUT2D eigenvalue weighted by atomic mass is 15.3. The van der Waals surface area contributed by atoms with Gasteiger partial charge in [0.25, 0.3) is 0 Å². The van der Waals surface area contributed by atoms with Gasteiger partial charge in [-0.3, -0.25) is 0 Å². The minimum Gasteiger partial charge on any atom is -0.340 e. The van der Waals surface area contributed by atoms with Gasteiger partial charge >= 0.3 is 0 Å². The molecule has 5 heteroatoms. The van der Waals surface area contributed by atoms with Crippen LogP contribution in [0.25, 0.3) is 0 Å². The number of aromatic nitrogens is 2. The Labute approximate surface area is 109 Å². The van der Waals surface area contributed by atoms with Crippen molar-refractivity contribution in [1.29, 1.82) is 0 Å². The van der Waals surface area contributed by atoms with E-state index in [0.717, 1.165) is 24.6 Å². The van der Waals surface area contributed by atoms with Crippen molar-refractivity contribution in [3.63, 3.8) is 0 Å². The molecular formula is C13H23N5. The molecule has 2 heterocycles. The Morgan fingerprint density at radius 2 is 2.17 bits per heavy atom. The first-order valence-corrected chi connectivity index (χ1v) is 6.57. The Kier molecular flexibility index (Phi) is 4.49. The van der Waals surface area contributed by atoms with Crippen molar-refractivity contribution in [3.05, 3.63) is 18.0 Å². The molecule has 0 saturated carbocycles. The van der Waals surface area contributed by atoms with Gasteiger partial charge in [-0.25, -0.2) is 9.97 Å². The Hall–Kier alpha value is -1.20. The fourth-order valence-electron chi connectivity index (χ4n) is 2.44. The van der Waals surface area contributed by atoms with Crippen LogP contribution in [0.1, 0.15) is 18.4 Å². The molecule has 1 unspecified atom stereocenters. The number of likely N-dealkylation sites (N-methyl/N-ethyl adjacent to an activating group) is 2. The van der Waals surface area contributed by atoms with Crippen LogP contribution >= 0.6 is 0 Å². The smallest absolute Gasteiger partial charge is 0.225 e. The van der Waals surface area contributed by atoms with Crippen molar-refractivity contribution in [2.75, 3.05) is 39.1 Å². The highest BCUT2D eigenvalue weighted by Gasteiger charge is 2.22. The van der Waals surface area contributed by atoms with Gasteiger partial charge in [0.2, 0.25) is 5.95 Å². The molecule has 1 aromatic heterocycles. The van der Waals surface area contributed by atoms with Gasteiger partial charge in [0, 0.05) is 44.1 Å². The largest absolute Gasteiger partial charge is 0.340 e. The van der Waals surface area contributed by atoms with E-state index in [1.54, 1.807) is 0 Å². The maximum absolute atomic E-state index is 4.45. The predicted molar refractivity (Wildman–Crippen MR) is 73.7 cm³/mol. The van der Waals surface area contributed by atoms with E-state index in [0.29, 0.717) is 6.04 Å². The Bertz CT molecular complexity index is 364. The fraction of sp³-hybridized carbons (Fsp3) is 0.692. The third-order valence-corrected chi connectivity index (χ3v) is 3.54. The zero-order chi connectivity index (χ0) is 13.0. The zero-order valence-electron chi connectivity index (χ0n) is 11.6. The summed E-state index contributed by atoms with van der Waals surface area (Å²) in [6.07, 6.45) is 6.29. The van der Waals surface area contributed by atoms with Crippen LogP contribution in [0.2, 0.25) is 0 Å². The van der Waals surface area contributed by atoms with Gasteiger partial charge in [-0.05, 0) is 33.5 Å². The third kappa shape index (κ3) is 3.17. The summed E-state index contributed by atoms with van der Waals surface area (Å²) in [5, 5.41) is 3.10. The maximum Gasteiger partial charge on any atom is 0.225 e. The van der Waals surface area contributed by atoms with Crippen LogP contribution in [0, 0.1) is 0 Å². The maximum atomic E-state index is 4.45. The molecule has 1 saturated heterocycles. The molecule has 1 aliphatic rings. The molecule has 1 aromatic rings. The van der Waals surface area contributed by atoms with Gasteiger partial charge in [0.15, 0.2) is 0 Å². The monoisotopic (exact) mass is 249 g/mol. The lowest BCUT2D eigenvalue weighted by atomic mass is 10.1. The zero-order valence-corrected chi connectivity index (χ0v) is 11.6. The van der Waals surface area contributed by atoms with E-state index in [1.807, 2.05) is 19.4 Å². The molecule has 0 aromatic carbocycles. The quantitative estimate of drug-likeness (QED) is 0.852. The van der Waals surface area contributed by atoms with E-state index < -0.39 is 0 Å². The van der Waals surface area contributed by atoms with E-state index in [9.17, 15) is 0 Å². The number of likely N-dealkylation sites (tertiary alicyclic amines) is 1. The van der Waals surface area contributed by atoms with E-state index in [2.05, 4.69) is 39.2 Å². The van der Waals surface area contributed by atoms with Crippen molar-refractivity contribution in [2.45, 2.75) is 25.4 Å². The summed E-state index contributed by atoms with van der Waals surface area (Å²) in [6.45, 7) is 3.11. The van der Waals surface area contributed by atoms with E-state index in [-0.39, 0.29) is 0 Å². The summed E-state index contributed by atoms with van der Waals surface area (Å²) in [6, 6.07) is 0.527. The molecule has 0 aliphatic carbocycles. The molecule has 0 bridgehead atoms. The van der Waals surface area contributed by atoms with Crippen LogP contribution in [0.4, 0.5) is 5.95 Å². The average Bonchev–Trinajstić information content (AvgIpc) is 2.39. The third-order valence-electron chi connectivity index (χ3n) is 3.54. The average molecular weight is 249 g/mol. The van der Waals surface area contributed by atoms with E-state index in [4.69, 9.17) is 0 Å². The number of hydrogen-bond donors (Lipinski definition) is 1. The van der Waals surface area contributed by atoms with Gasteiger partial charge < -0.3 is 15.1 Å². The van der Waals surface area contributed by atoms with Crippen LogP contribution in [0.15, 0.2) is 12.4 Å². The molecule has 1 fully saturated rings.